The van der Waals surface area contributed by atoms with Crippen molar-refractivity contribution in [3.8, 4) is 0 Å². The molecule has 1 atom stereocenters. The summed E-state index contributed by atoms with van der Waals surface area (Å²) in [5.41, 5.74) is 8.62. The van der Waals surface area contributed by atoms with Crippen molar-refractivity contribution in [1.29, 1.82) is 0 Å². The molecule has 2 rings (SSSR count). The molecule has 2 aromatic carbocycles. The lowest BCUT2D eigenvalue weighted by Gasteiger charge is -2.16. The number of hydrogen-bond donors (Lipinski definition) is 1. The fraction of sp³-hybridized carbons (Fsp3) is 0.143. The van der Waals surface area contributed by atoms with Crippen LogP contribution in [0.2, 0.25) is 0 Å². The molecule has 0 radical (unpaired) electrons. The molecule has 1 nitrogen and oxygen atoms in total. The first-order valence-corrected chi connectivity index (χ1v) is 6.15. The number of benzene rings is 2. The molecule has 0 saturated heterocycles. The highest BCUT2D eigenvalue weighted by Crippen LogP contribution is 2.30. The summed E-state index contributed by atoms with van der Waals surface area (Å²) in [7, 11) is 0. The number of aryl methyl sites for hydroxylation is 1. The first-order valence-electron chi connectivity index (χ1n) is 5.36. The zero-order chi connectivity index (χ0) is 12.4. The predicted molar refractivity (Wildman–Crippen MR) is 71.3 cm³/mol. The van der Waals surface area contributed by atoms with Gasteiger partial charge in [0.05, 0.1) is 6.04 Å². The second-order valence-electron chi connectivity index (χ2n) is 3.98. The summed E-state index contributed by atoms with van der Waals surface area (Å²) in [5.74, 6) is -0.270. The summed E-state index contributed by atoms with van der Waals surface area (Å²) < 4.78 is 14.6. The summed E-state index contributed by atoms with van der Waals surface area (Å²) in [6.45, 7) is 1.99. The number of hydrogen-bond acceptors (Lipinski definition) is 1. The maximum atomic E-state index is 13.7. The van der Waals surface area contributed by atoms with Gasteiger partial charge in [0, 0.05) is 10.0 Å². The highest BCUT2D eigenvalue weighted by Gasteiger charge is 2.16. The van der Waals surface area contributed by atoms with Crippen molar-refractivity contribution in [1.82, 2.24) is 0 Å². The topological polar surface area (TPSA) is 26.0 Å². The third kappa shape index (κ3) is 2.40. The van der Waals surface area contributed by atoms with Gasteiger partial charge >= 0.3 is 0 Å². The van der Waals surface area contributed by atoms with Crippen molar-refractivity contribution in [3.05, 3.63) is 69.4 Å². The van der Waals surface area contributed by atoms with E-state index in [-0.39, 0.29) is 5.82 Å². The minimum atomic E-state index is -0.453. The molecule has 0 spiro atoms. The Hall–Kier alpha value is -1.19. The molecule has 1 unspecified atom stereocenters. The van der Waals surface area contributed by atoms with Crippen LogP contribution in [-0.4, -0.2) is 0 Å². The van der Waals surface area contributed by atoms with E-state index in [4.69, 9.17) is 5.73 Å². The third-order valence-electron chi connectivity index (χ3n) is 2.80. The first-order chi connectivity index (χ1) is 8.11. The average Bonchev–Trinajstić information content (AvgIpc) is 2.32. The first kappa shape index (κ1) is 12.3. The molecular weight excluding hydrogens is 281 g/mol. The van der Waals surface area contributed by atoms with Gasteiger partial charge in [-0.15, -0.1) is 0 Å². The molecule has 0 aliphatic rings. The van der Waals surface area contributed by atoms with Gasteiger partial charge in [0.25, 0.3) is 0 Å². The Morgan fingerprint density at radius 3 is 2.41 bits per heavy atom. The van der Waals surface area contributed by atoms with Crippen molar-refractivity contribution in [2.24, 2.45) is 5.73 Å². The van der Waals surface area contributed by atoms with Gasteiger partial charge in [-0.25, -0.2) is 4.39 Å². The highest BCUT2D eigenvalue weighted by molar-refractivity contribution is 9.10. The van der Waals surface area contributed by atoms with Gasteiger partial charge in [0.1, 0.15) is 5.82 Å². The van der Waals surface area contributed by atoms with Gasteiger partial charge < -0.3 is 5.73 Å². The van der Waals surface area contributed by atoms with Crippen LogP contribution in [0.5, 0.6) is 0 Å². The second kappa shape index (κ2) is 4.98. The fourth-order valence-corrected chi connectivity index (χ4v) is 2.32. The Morgan fingerprint density at radius 1 is 1.06 bits per heavy atom. The molecule has 2 N–H and O–H groups in total. The molecule has 88 valence electrons. The summed E-state index contributed by atoms with van der Waals surface area (Å²) in [4.78, 5) is 0. The summed E-state index contributed by atoms with van der Waals surface area (Å²) >= 11 is 3.50. The Morgan fingerprint density at radius 2 is 1.71 bits per heavy atom. The monoisotopic (exact) mass is 293 g/mol. The van der Waals surface area contributed by atoms with Crippen LogP contribution in [0.3, 0.4) is 0 Å². The molecule has 0 amide bonds. The quantitative estimate of drug-likeness (QED) is 0.892. The minimum Gasteiger partial charge on any atom is -0.320 e. The molecule has 17 heavy (non-hydrogen) atoms. The van der Waals surface area contributed by atoms with Crippen LogP contribution < -0.4 is 5.73 Å². The zero-order valence-electron chi connectivity index (χ0n) is 9.45. The van der Waals surface area contributed by atoms with Crippen LogP contribution in [0.15, 0.2) is 46.9 Å². The van der Waals surface area contributed by atoms with Crippen LogP contribution in [0.1, 0.15) is 22.7 Å². The largest absolute Gasteiger partial charge is 0.320 e. The molecule has 3 heteroatoms. The van der Waals surface area contributed by atoms with Crippen molar-refractivity contribution >= 4 is 15.9 Å². The lowest BCUT2D eigenvalue weighted by Crippen LogP contribution is -2.14. The molecule has 0 aliphatic carbocycles. The van der Waals surface area contributed by atoms with E-state index in [1.165, 1.54) is 6.07 Å². The molecule has 0 saturated carbocycles. The van der Waals surface area contributed by atoms with Gasteiger partial charge in [0.15, 0.2) is 0 Å². The molecule has 0 fully saturated rings. The maximum Gasteiger partial charge on any atom is 0.128 e. The smallest absolute Gasteiger partial charge is 0.128 e. The summed E-state index contributed by atoms with van der Waals surface area (Å²) in [6, 6.07) is 12.0. The van der Waals surface area contributed by atoms with E-state index in [1.54, 1.807) is 18.2 Å². The van der Waals surface area contributed by atoms with Gasteiger partial charge in [-0.2, -0.15) is 0 Å². The Labute approximate surface area is 109 Å². The standard InChI is InChI=1S/C14H13BrFN/c1-9-5-4-7-11(13(9)15)14(17)10-6-2-3-8-12(10)16/h2-8,14H,17H2,1H3. The third-order valence-corrected chi connectivity index (χ3v) is 3.88. The van der Waals surface area contributed by atoms with Gasteiger partial charge in [-0.1, -0.05) is 52.3 Å². The summed E-state index contributed by atoms with van der Waals surface area (Å²) in [6.07, 6.45) is 0. The number of nitrogens with two attached hydrogens (primary N) is 1. The number of rotatable bonds is 2. The fourth-order valence-electron chi connectivity index (χ4n) is 1.81. The van der Waals surface area contributed by atoms with E-state index < -0.39 is 6.04 Å². The molecule has 0 bridgehead atoms. The van der Waals surface area contributed by atoms with Crippen LogP contribution in [0.4, 0.5) is 4.39 Å². The van der Waals surface area contributed by atoms with E-state index in [1.807, 2.05) is 25.1 Å². The summed E-state index contributed by atoms with van der Waals surface area (Å²) in [5, 5.41) is 0. The van der Waals surface area contributed by atoms with Crippen molar-refractivity contribution in [2.45, 2.75) is 13.0 Å². The van der Waals surface area contributed by atoms with E-state index in [9.17, 15) is 4.39 Å². The highest BCUT2D eigenvalue weighted by atomic mass is 79.9. The molecule has 2 aromatic rings. The van der Waals surface area contributed by atoms with Crippen LogP contribution in [0.25, 0.3) is 0 Å². The molecular formula is C14H13BrFN. The second-order valence-corrected chi connectivity index (χ2v) is 4.77. The SMILES string of the molecule is Cc1cccc(C(N)c2ccccc2F)c1Br. The molecule has 0 aliphatic heterocycles. The van der Waals surface area contributed by atoms with Crippen molar-refractivity contribution < 1.29 is 4.39 Å². The van der Waals surface area contributed by atoms with Gasteiger partial charge in [-0.05, 0) is 24.1 Å². The average molecular weight is 294 g/mol. The van der Waals surface area contributed by atoms with E-state index >= 15 is 0 Å². The lowest BCUT2D eigenvalue weighted by molar-refractivity contribution is 0.599. The van der Waals surface area contributed by atoms with Crippen LogP contribution >= 0.6 is 15.9 Å². The zero-order valence-corrected chi connectivity index (χ0v) is 11.0. The lowest BCUT2D eigenvalue weighted by atomic mass is 9.98. The van der Waals surface area contributed by atoms with Crippen molar-refractivity contribution in [2.75, 3.05) is 0 Å². The maximum absolute atomic E-state index is 13.7. The Bertz CT molecular complexity index is 539. The van der Waals surface area contributed by atoms with Gasteiger partial charge in [0.2, 0.25) is 0 Å². The van der Waals surface area contributed by atoms with Gasteiger partial charge in [-0.3, -0.25) is 0 Å². The van der Waals surface area contributed by atoms with E-state index in [2.05, 4.69) is 15.9 Å². The van der Waals surface area contributed by atoms with E-state index in [0.717, 1.165) is 15.6 Å². The normalized spacial score (nSPS) is 12.5. The predicted octanol–water partition coefficient (Wildman–Crippen LogP) is 3.94. The Kier molecular flexibility index (Phi) is 3.60. The molecule has 0 aromatic heterocycles. The number of halogens is 2. The minimum absolute atomic E-state index is 0.270. The van der Waals surface area contributed by atoms with Crippen molar-refractivity contribution in [3.63, 3.8) is 0 Å². The van der Waals surface area contributed by atoms with E-state index in [0.29, 0.717) is 5.56 Å². The molecule has 0 heterocycles. The Balaban J connectivity index is 2.48. The van der Waals surface area contributed by atoms with Crippen LogP contribution in [-0.2, 0) is 0 Å². The van der Waals surface area contributed by atoms with Crippen LogP contribution in [0, 0.1) is 12.7 Å².